The maximum Gasteiger partial charge on any atom is 0.158 e. The van der Waals surface area contributed by atoms with Crippen molar-refractivity contribution in [3.05, 3.63) is 41.5 Å². The van der Waals surface area contributed by atoms with Gasteiger partial charge in [0.15, 0.2) is 6.29 Å². The zero-order chi connectivity index (χ0) is 19.3. The fourth-order valence-corrected chi connectivity index (χ4v) is 3.85. The molecule has 27 heavy (non-hydrogen) atoms. The molecular formula is C23H34O4. The maximum atomic E-state index is 6.50. The van der Waals surface area contributed by atoms with Crippen LogP contribution in [0.1, 0.15) is 58.4 Å². The summed E-state index contributed by atoms with van der Waals surface area (Å²) >= 11 is 0. The molecule has 0 N–H and O–H groups in total. The van der Waals surface area contributed by atoms with Crippen molar-refractivity contribution in [3.8, 4) is 5.75 Å². The Morgan fingerprint density at radius 1 is 1.15 bits per heavy atom. The highest BCUT2D eigenvalue weighted by atomic mass is 16.7. The molecular weight excluding hydrogens is 340 g/mol. The number of hydrogen-bond donors (Lipinski definition) is 0. The SMILES string of the molecule is COc1ccc(COC2C=C(C)CCC(C)(C)C2OC2CCCCO2)cc1. The Kier molecular flexibility index (Phi) is 6.96. The van der Waals surface area contributed by atoms with Crippen molar-refractivity contribution in [3.63, 3.8) is 0 Å². The molecule has 1 heterocycles. The van der Waals surface area contributed by atoms with E-state index in [-0.39, 0.29) is 23.9 Å². The number of rotatable bonds is 6. The zero-order valence-corrected chi connectivity index (χ0v) is 17.2. The average Bonchev–Trinajstić information content (AvgIpc) is 2.79. The van der Waals surface area contributed by atoms with Crippen LogP contribution in [0.25, 0.3) is 0 Å². The van der Waals surface area contributed by atoms with Gasteiger partial charge in [0.25, 0.3) is 0 Å². The molecule has 0 radical (unpaired) electrons. The van der Waals surface area contributed by atoms with E-state index in [0.29, 0.717) is 6.61 Å². The second kappa shape index (κ2) is 9.22. The van der Waals surface area contributed by atoms with Gasteiger partial charge in [-0.2, -0.15) is 0 Å². The minimum Gasteiger partial charge on any atom is -0.497 e. The number of benzene rings is 1. The molecule has 150 valence electrons. The van der Waals surface area contributed by atoms with Crippen LogP contribution >= 0.6 is 0 Å². The van der Waals surface area contributed by atoms with Crippen molar-refractivity contribution in [2.24, 2.45) is 5.41 Å². The van der Waals surface area contributed by atoms with Crippen LogP contribution in [0.5, 0.6) is 5.75 Å². The lowest BCUT2D eigenvalue weighted by Crippen LogP contribution is -2.44. The van der Waals surface area contributed by atoms with Crippen molar-refractivity contribution >= 4 is 0 Å². The quantitative estimate of drug-likeness (QED) is 0.637. The smallest absolute Gasteiger partial charge is 0.158 e. The summed E-state index contributed by atoms with van der Waals surface area (Å²) in [5, 5.41) is 0. The molecule has 0 spiro atoms. The lowest BCUT2D eigenvalue weighted by atomic mass is 9.80. The van der Waals surface area contributed by atoms with E-state index in [0.717, 1.165) is 43.6 Å². The summed E-state index contributed by atoms with van der Waals surface area (Å²) < 4.78 is 24.0. The molecule has 0 amide bonds. The molecule has 3 rings (SSSR count). The van der Waals surface area contributed by atoms with Gasteiger partial charge in [-0.05, 0) is 62.1 Å². The van der Waals surface area contributed by atoms with Gasteiger partial charge in [0.05, 0.1) is 19.8 Å². The van der Waals surface area contributed by atoms with Crippen LogP contribution in [0.4, 0.5) is 0 Å². The van der Waals surface area contributed by atoms with Gasteiger partial charge in [0, 0.05) is 6.61 Å². The molecule has 1 aliphatic heterocycles. The summed E-state index contributed by atoms with van der Waals surface area (Å²) in [6.07, 6.45) is 7.50. The van der Waals surface area contributed by atoms with Crippen LogP contribution in [0.2, 0.25) is 0 Å². The molecule has 1 aromatic rings. The maximum absolute atomic E-state index is 6.50. The minimum absolute atomic E-state index is 0.0173. The molecule has 4 nitrogen and oxygen atoms in total. The Balaban J connectivity index is 1.72. The van der Waals surface area contributed by atoms with Crippen LogP contribution < -0.4 is 4.74 Å². The van der Waals surface area contributed by atoms with Crippen molar-refractivity contribution in [2.45, 2.75) is 78.0 Å². The van der Waals surface area contributed by atoms with Gasteiger partial charge in [-0.25, -0.2) is 0 Å². The third-order valence-electron chi connectivity index (χ3n) is 5.72. The molecule has 3 unspecified atom stereocenters. The van der Waals surface area contributed by atoms with Crippen LogP contribution in [0.15, 0.2) is 35.9 Å². The Labute approximate surface area is 163 Å². The fraction of sp³-hybridized carbons (Fsp3) is 0.652. The summed E-state index contributed by atoms with van der Waals surface area (Å²) in [7, 11) is 1.68. The molecule has 2 aliphatic rings. The Hall–Kier alpha value is -1.36. The lowest BCUT2D eigenvalue weighted by molar-refractivity contribution is -0.231. The lowest BCUT2D eigenvalue weighted by Gasteiger charge is -2.39. The van der Waals surface area contributed by atoms with E-state index in [1.165, 1.54) is 12.0 Å². The monoisotopic (exact) mass is 374 g/mol. The topological polar surface area (TPSA) is 36.9 Å². The number of ether oxygens (including phenoxy) is 4. The standard InChI is InChI=1S/C23H34O4/c1-17-12-13-23(2,3)22(27-21-7-5-6-14-25-21)20(15-17)26-16-18-8-10-19(24-4)11-9-18/h8-11,15,20-22H,5-7,12-14,16H2,1-4H3. The summed E-state index contributed by atoms with van der Waals surface area (Å²) in [6, 6.07) is 8.05. The highest BCUT2D eigenvalue weighted by molar-refractivity contribution is 5.26. The molecule has 0 bridgehead atoms. The molecule has 0 aromatic heterocycles. The average molecular weight is 375 g/mol. The molecule has 1 fully saturated rings. The molecule has 3 atom stereocenters. The largest absolute Gasteiger partial charge is 0.497 e. The third-order valence-corrected chi connectivity index (χ3v) is 5.72. The van der Waals surface area contributed by atoms with Gasteiger partial charge < -0.3 is 18.9 Å². The first kappa shape index (κ1) is 20.4. The highest BCUT2D eigenvalue weighted by Crippen LogP contribution is 2.39. The van der Waals surface area contributed by atoms with Crippen molar-refractivity contribution < 1.29 is 18.9 Å². The van der Waals surface area contributed by atoms with Crippen LogP contribution in [-0.2, 0) is 20.8 Å². The Morgan fingerprint density at radius 2 is 1.93 bits per heavy atom. The predicted octanol–water partition coefficient (Wildman–Crippen LogP) is 5.26. The third kappa shape index (κ3) is 5.56. The Morgan fingerprint density at radius 3 is 2.59 bits per heavy atom. The normalized spacial score (nSPS) is 28.3. The van der Waals surface area contributed by atoms with E-state index in [4.69, 9.17) is 18.9 Å². The summed E-state index contributed by atoms with van der Waals surface area (Å²) in [6.45, 7) is 8.12. The van der Waals surface area contributed by atoms with Crippen molar-refractivity contribution in [1.29, 1.82) is 0 Å². The van der Waals surface area contributed by atoms with E-state index in [2.05, 4.69) is 39.0 Å². The number of hydrogen-bond acceptors (Lipinski definition) is 4. The van der Waals surface area contributed by atoms with E-state index in [1.807, 2.05) is 12.1 Å². The van der Waals surface area contributed by atoms with Gasteiger partial charge in [0.2, 0.25) is 0 Å². The first-order valence-electron chi connectivity index (χ1n) is 10.2. The van der Waals surface area contributed by atoms with E-state index in [9.17, 15) is 0 Å². The first-order valence-corrected chi connectivity index (χ1v) is 10.2. The van der Waals surface area contributed by atoms with Crippen LogP contribution in [0, 0.1) is 5.41 Å². The minimum atomic E-state index is -0.109. The summed E-state index contributed by atoms with van der Waals surface area (Å²) in [4.78, 5) is 0. The van der Waals surface area contributed by atoms with E-state index < -0.39 is 0 Å². The van der Waals surface area contributed by atoms with Crippen molar-refractivity contribution in [1.82, 2.24) is 0 Å². The second-order valence-corrected chi connectivity index (χ2v) is 8.48. The van der Waals surface area contributed by atoms with E-state index in [1.54, 1.807) is 7.11 Å². The second-order valence-electron chi connectivity index (χ2n) is 8.48. The fourth-order valence-electron chi connectivity index (χ4n) is 3.85. The number of allylic oxidation sites excluding steroid dienone is 1. The molecule has 0 saturated carbocycles. The van der Waals surface area contributed by atoms with Crippen molar-refractivity contribution in [2.75, 3.05) is 13.7 Å². The van der Waals surface area contributed by atoms with Crippen LogP contribution in [-0.4, -0.2) is 32.2 Å². The van der Waals surface area contributed by atoms with Gasteiger partial charge in [-0.3, -0.25) is 0 Å². The zero-order valence-electron chi connectivity index (χ0n) is 17.2. The first-order chi connectivity index (χ1) is 13.0. The highest BCUT2D eigenvalue weighted by Gasteiger charge is 2.40. The van der Waals surface area contributed by atoms with E-state index >= 15 is 0 Å². The summed E-state index contributed by atoms with van der Waals surface area (Å²) in [5.41, 5.74) is 2.54. The van der Waals surface area contributed by atoms with Gasteiger partial charge in [-0.15, -0.1) is 0 Å². The molecule has 4 heteroatoms. The molecule has 1 aromatic carbocycles. The summed E-state index contributed by atoms with van der Waals surface area (Å²) in [5.74, 6) is 0.862. The van der Waals surface area contributed by atoms with Gasteiger partial charge >= 0.3 is 0 Å². The Bertz CT molecular complexity index is 614. The van der Waals surface area contributed by atoms with Gasteiger partial charge in [-0.1, -0.05) is 37.6 Å². The molecule has 1 saturated heterocycles. The molecule has 1 aliphatic carbocycles. The van der Waals surface area contributed by atoms with Gasteiger partial charge in [0.1, 0.15) is 11.9 Å². The predicted molar refractivity (Wildman–Crippen MR) is 107 cm³/mol. The number of methoxy groups -OCH3 is 1. The van der Waals surface area contributed by atoms with Crippen LogP contribution in [0.3, 0.4) is 0 Å².